The van der Waals surface area contributed by atoms with Crippen molar-refractivity contribution < 1.29 is 119 Å². The third-order valence-electron chi connectivity index (χ3n) is 3.55. The average molecular weight is 568 g/mol. The second-order valence-corrected chi connectivity index (χ2v) is 6.08. The van der Waals surface area contributed by atoms with Crippen molar-refractivity contribution in [2.45, 2.75) is 54.8 Å². The van der Waals surface area contributed by atoms with E-state index in [-0.39, 0.29) is 36.0 Å². The van der Waals surface area contributed by atoms with Gasteiger partial charge in [-0.3, -0.25) is 16.0 Å². The van der Waals surface area contributed by atoms with Crippen LogP contribution in [0, 0.1) is 6.42 Å². The summed E-state index contributed by atoms with van der Waals surface area (Å²) in [6.45, 7) is -5.93. The molecule has 4 nitrogen and oxygen atoms in total. The molecule has 0 heterocycles. The molecule has 35 heavy (non-hydrogen) atoms. The van der Waals surface area contributed by atoms with E-state index in [9.17, 15) is 79.8 Å². The van der Waals surface area contributed by atoms with E-state index in [1.165, 1.54) is 0 Å². The fourth-order valence-corrected chi connectivity index (χ4v) is 1.56. The van der Waals surface area contributed by atoms with Crippen LogP contribution in [-0.2, 0) is 19.1 Å². The number of ether oxygens (including phenoxy) is 2. The van der Waals surface area contributed by atoms with Crippen molar-refractivity contribution in [3.63, 3.8) is 0 Å². The quantitative estimate of drug-likeness (QED) is 0.148. The molecule has 0 fully saturated rings. The smallest absolute Gasteiger partial charge is 0.482 e. The van der Waals surface area contributed by atoms with Gasteiger partial charge in [0.15, 0.2) is 19.2 Å². The Hall–Kier alpha value is -1.31. The van der Waals surface area contributed by atoms with E-state index < -0.39 is 80.0 Å². The van der Waals surface area contributed by atoms with E-state index in [1.807, 2.05) is 0 Å². The summed E-state index contributed by atoms with van der Waals surface area (Å²) in [5, 5.41) is 0. The van der Waals surface area contributed by atoms with Crippen LogP contribution in [0.5, 0.6) is 0 Å². The summed E-state index contributed by atoms with van der Waals surface area (Å²) < 4.78 is 209. The Morgan fingerprint density at radius 3 is 1.26 bits per heavy atom. The molecule has 0 rings (SSSR count). The molecule has 0 aromatic carbocycles. The van der Waals surface area contributed by atoms with Crippen LogP contribution < -0.4 is 29.6 Å². The van der Waals surface area contributed by atoms with E-state index in [0.29, 0.717) is 0 Å². The van der Waals surface area contributed by atoms with Gasteiger partial charge in [-0.1, -0.05) is 6.42 Å². The number of carbonyl (C=O) groups excluding carboxylic acids is 2. The van der Waals surface area contributed by atoms with Crippen molar-refractivity contribution in [1.82, 2.24) is 0 Å². The molecular weight excluding hydrogens is 559 g/mol. The van der Waals surface area contributed by atoms with Gasteiger partial charge >= 0.3 is 77.9 Å². The molecule has 0 saturated heterocycles. The van der Waals surface area contributed by atoms with Gasteiger partial charge in [-0.2, -0.15) is 52.7 Å². The SMILES string of the molecule is O=C([CH-]CC(=O)OCC(F)(F)C(F)(F)C(F)(F)C(F)F)OCC(F)(F)C(F)(F)C(F)(F)C(F)F.[Na+]. The van der Waals surface area contributed by atoms with Crippen LogP contribution in [0.3, 0.4) is 0 Å². The zero-order valence-electron chi connectivity index (χ0n) is 16.5. The zero-order valence-corrected chi connectivity index (χ0v) is 18.5. The Balaban J connectivity index is 0. The van der Waals surface area contributed by atoms with Crippen molar-refractivity contribution in [1.29, 1.82) is 0 Å². The van der Waals surface area contributed by atoms with Gasteiger partial charge in [0.25, 0.3) is 5.97 Å². The summed E-state index contributed by atoms with van der Waals surface area (Å²) in [5.74, 6) is -43.4. The standard InChI is InChI=1S/C14H9F16O4.Na/c15-7(16)11(23,24)13(27,28)9(19,20)3-33-5(31)1-2-6(32)34-4-10(21,22)14(29,30)12(25,26)8(17)18;/h1,7-8H,2-4H2;/q-1;+1. The maximum atomic E-state index is 13.1. The van der Waals surface area contributed by atoms with Gasteiger partial charge in [0, 0.05) is 0 Å². The minimum atomic E-state index is -6.76. The third-order valence-corrected chi connectivity index (χ3v) is 3.55. The molecule has 0 N–H and O–H groups in total. The maximum absolute atomic E-state index is 13.1. The minimum Gasteiger partial charge on any atom is -0.482 e. The Morgan fingerprint density at radius 2 is 0.943 bits per heavy atom. The van der Waals surface area contributed by atoms with Gasteiger partial charge in [-0.15, -0.1) is 0 Å². The van der Waals surface area contributed by atoms with E-state index in [0.717, 1.165) is 0 Å². The predicted molar refractivity (Wildman–Crippen MR) is 72.5 cm³/mol. The number of hydrogen-bond donors (Lipinski definition) is 0. The molecule has 0 unspecified atom stereocenters. The largest absolute Gasteiger partial charge is 1.00 e. The van der Waals surface area contributed by atoms with Gasteiger partial charge in [0.05, 0.1) is 0 Å². The summed E-state index contributed by atoms with van der Waals surface area (Å²) in [5.41, 5.74) is 0. The second-order valence-electron chi connectivity index (χ2n) is 6.08. The molecule has 0 bridgehead atoms. The number of alkyl halides is 16. The van der Waals surface area contributed by atoms with E-state index in [4.69, 9.17) is 0 Å². The van der Waals surface area contributed by atoms with Gasteiger partial charge in [-0.25, -0.2) is 17.6 Å². The minimum absolute atomic E-state index is 0. The van der Waals surface area contributed by atoms with E-state index in [1.54, 1.807) is 0 Å². The molecule has 0 aliphatic rings. The molecule has 0 aliphatic heterocycles. The zero-order chi connectivity index (χ0) is 27.6. The molecule has 0 aliphatic carbocycles. The summed E-state index contributed by atoms with van der Waals surface area (Å²) in [6.07, 6.45) is -12.6. The monoisotopic (exact) mass is 568 g/mol. The Morgan fingerprint density at radius 1 is 0.629 bits per heavy atom. The van der Waals surface area contributed by atoms with Crippen LogP contribution in [0.1, 0.15) is 6.42 Å². The molecule has 0 radical (unpaired) electrons. The van der Waals surface area contributed by atoms with Crippen molar-refractivity contribution in [2.75, 3.05) is 13.2 Å². The first kappa shape index (κ1) is 35.8. The number of carbonyl (C=O) groups is 2. The Labute approximate surface area is 205 Å². The maximum Gasteiger partial charge on any atom is 1.00 e. The molecule has 0 atom stereocenters. The molecule has 0 amide bonds. The number of hydrogen-bond acceptors (Lipinski definition) is 4. The van der Waals surface area contributed by atoms with Gasteiger partial charge < -0.3 is 9.47 Å². The molecular formula is C14H9F16NaO4. The molecule has 0 spiro atoms. The van der Waals surface area contributed by atoms with Gasteiger partial charge in [-0.05, 0) is 0 Å². The summed E-state index contributed by atoms with van der Waals surface area (Å²) in [7, 11) is 0. The molecule has 0 saturated carbocycles. The molecule has 21 heteroatoms. The van der Waals surface area contributed by atoms with Gasteiger partial charge in [0.2, 0.25) is 0 Å². The first-order valence-electron chi connectivity index (χ1n) is 7.87. The van der Waals surface area contributed by atoms with Crippen LogP contribution in [0.4, 0.5) is 70.2 Å². The summed E-state index contributed by atoms with van der Waals surface area (Å²) in [4.78, 5) is 22.1. The van der Waals surface area contributed by atoms with Crippen molar-refractivity contribution in [3.8, 4) is 0 Å². The molecule has 0 aromatic heterocycles. The molecule has 0 aromatic rings. The summed E-state index contributed by atoms with van der Waals surface area (Å²) >= 11 is 0. The van der Waals surface area contributed by atoms with Gasteiger partial charge in [0.1, 0.15) is 0 Å². The van der Waals surface area contributed by atoms with Crippen molar-refractivity contribution in [2.24, 2.45) is 0 Å². The average Bonchev–Trinajstić information content (AvgIpc) is 2.68. The topological polar surface area (TPSA) is 52.6 Å². The van der Waals surface area contributed by atoms with E-state index in [2.05, 4.69) is 9.47 Å². The van der Waals surface area contributed by atoms with Crippen LogP contribution in [0.2, 0.25) is 0 Å². The normalized spacial score (nSPS) is 14.0. The summed E-state index contributed by atoms with van der Waals surface area (Å²) in [6, 6.07) is 0. The second kappa shape index (κ2) is 11.8. The Bertz CT molecular complexity index is 667. The number of halogens is 16. The predicted octanol–water partition coefficient (Wildman–Crippen LogP) is 2.01. The Kier molecular flexibility index (Phi) is 12.1. The van der Waals surface area contributed by atoms with Crippen LogP contribution >= 0.6 is 0 Å². The van der Waals surface area contributed by atoms with Crippen LogP contribution in [0.25, 0.3) is 0 Å². The third kappa shape index (κ3) is 7.59. The number of rotatable bonds is 13. The first-order chi connectivity index (χ1) is 14.9. The van der Waals surface area contributed by atoms with Crippen LogP contribution in [0.15, 0.2) is 0 Å². The van der Waals surface area contributed by atoms with Crippen LogP contribution in [-0.4, -0.2) is 73.5 Å². The number of esters is 2. The fourth-order valence-electron chi connectivity index (χ4n) is 1.56. The fraction of sp³-hybridized carbons (Fsp3) is 0.786. The van der Waals surface area contributed by atoms with Crippen molar-refractivity contribution in [3.05, 3.63) is 6.42 Å². The van der Waals surface area contributed by atoms with E-state index >= 15 is 0 Å². The first-order valence-corrected chi connectivity index (χ1v) is 7.87. The van der Waals surface area contributed by atoms with Crippen molar-refractivity contribution >= 4 is 11.9 Å². The molecule has 202 valence electrons.